The Morgan fingerprint density at radius 3 is 2.49 bits per heavy atom. The first kappa shape index (κ1) is 30.0. The molecular weight excluding hydrogens is 580 g/mol. The first-order valence-electron chi connectivity index (χ1n) is 12.3. The monoisotopic (exact) mass is 607 g/mol. The number of nitrogens with one attached hydrogen (secondary N) is 2. The van der Waals surface area contributed by atoms with Crippen molar-refractivity contribution in [1.82, 2.24) is 19.9 Å². The van der Waals surface area contributed by atoms with E-state index in [0.29, 0.717) is 41.8 Å². The van der Waals surface area contributed by atoms with Crippen LogP contribution >= 0.6 is 11.6 Å². The predicted octanol–water partition coefficient (Wildman–Crippen LogP) is 5.55. The number of amides is 1. The zero-order valence-electron chi connectivity index (χ0n) is 22.6. The molecule has 41 heavy (non-hydrogen) atoms. The predicted molar refractivity (Wildman–Crippen MR) is 152 cm³/mol. The first-order chi connectivity index (χ1) is 19.1. The number of halogens is 3. The number of rotatable bonds is 11. The number of ether oxygens (including phenoxy) is 2. The van der Waals surface area contributed by atoms with E-state index in [1.807, 2.05) is 4.57 Å². The average Bonchev–Trinajstić information content (AvgIpc) is 3.28. The summed E-state index contributed by atoms with van der Waals surface area (Å²) in [5.41, 5.74) is 1.89. The number of benzene rings is 2. The van der Waals surface area contributed by atoms with Crippen molar-refractivity contribution in [2.75, 3.05) is 18.1 Å². The molecule has 2 N–H and O–H groups in total. The maximum Gasteiger partial charge on any atom is 0.394 e. The number of hydrogen-bond donors (Lipinski definition) is 2. The van der Waals surface area contributed by atoms with Gasteiger partial charge in [0.15, 0.2) is 15.7 Å². The summed E-state index contributed by atoms with van der Waals surface area (Å²) < 4.78 is 60.9. The SMILES string of the molecule is CC(F)(F)Oc1cccc(Oc2ccc(Nc3ncnc4ccn(CCNC(=O)C(C)(C)S(C)(=O)=O)c34)cc2Cl)c1. The minimum absolute atomic E-state index is 0.0566. The zero-order valence-corrected chi connectivity index (χ0v) is 24.2. The molecule has 0 saturated carbocycles. The van der Waals surface area contributed by atoms with Crippen LogP contribution in [0, 0.1) is 0 Å². The molecule has 2 aromatic carbocycles. The molecule has 4 aromatic rings. The number of fused-ring (bicyclic) bond motifs is 1. The van der Waals surface area contributed by atoms with Crippen LogP contribution < -0.4 is 20.1 Å². The molecule has 0 bridgehead atoms. The van der Waals surface area contributed by atoms with E-state index in [4.69, 9.17) is 16.3 Å². The van der Waals surface area contributed by atoms with Crippen molar-refractivity contribution in [3.8, 4) is 17.2 Å². The molecule has 0 fully saturated rings. The summed E-state index contributed by atoms with van der Waals surface area (Å²) in [4.78, 5) is 21.1. The Morgan fingerprint density at radius 2 is 1.80 bits per heavy atom. The van der Waals surface area contributed by atoms with E-state index in [0.717, 1.165) is 6.26 Å². The van der Waals surface area contributed by atoms with Crippen LogP contribution in [0.15, 0.2) is 61.1 Å². The highest BCUT2D eigenvalue weighted by Crippen LogP contribution is 2.35. The van der Waals surface area contributed by atoms with Gasteiger partial charge in [0.2, 0.25) is 5.91 Å². The van der Waals surface area contributed by atoms with Crippen molar-refractivity contribution in [3.63, 3.8) is 0 Å². The number of hydrogen-bond acceptors (Lipinski definition) is 8. The van der Waals surface area contributed by atoms with Crippen LogP contribution in [0.1, 0.15) is 20.8 Å². The van der Waals surface area contributed by atoms with E-state index in [1.54, 1.807) is 36.5 Å². The number of anilines is 2. The van der Waals surface area contributed by atoms with Crippen LogP contribution in [0.2, 0.25) is 5.02 Å². The normalized spacial score (nSPS) is 12.3. The fourth-order valence-corrected chi connectivity index (χ4v) is 4.34. The Bertz CT molecular complexity index is 1690. The average molecular weight is 608 g/mol. The molecule has 1 amide bonds. The number of carbonyl (C=O) groups excluding carboxylic acids is 1. The van der Waals surface area contributed by atoms with E-state index in [1.165, 1.54) is 38.4 Å². The van der Waals surface area contributed by atoms with E-state index in [9.17, 15) is 22.0 Å². The van der Waals surface area contributed by atoms with Gasteiger partial charge in [-0.05, 0) is 50.2 Å². The summed E-state index contributed by atoms with van der Waals surface area (Å²) in [6.45, 7) is 3.87. The topological polar surface area (TPSA) is 124 Å². The Kier molecular flexibility index (Phi) is 8.41. The molecule has 218 valence electrons. The maximum atomic E-state index is 13.2. The van der Waals surface area contributed by atoms with Crippen LogP contribution in [0.4, 0.5) is 20.3 Å². The Balaban J connectivity index is 1.48. The van der Waals surface area contributed by atoms with Crippen LogP contribution in [0.5, 0.6) is 17.2 Å². The quantitative estimate of drug-likeness (QED) is 0.227. The molecule has 2 heterocycles. The van der Waals surface area contributed by atoms with Gasteiger partial charge < -0.3 is 24.7 Å². The third kappa shape index (κ3) is 7.22. The largest absolute Gasteiger partial charge is 0.456 e. The molecule has 0 spiro atoms. The summed E-state index contributed by atoms with van der Waals surface area (Å²) >= 11 is 6.45. The van der Waals surface area contributed by atoms with Crippen molar-refractivity contribution in [1.29, 1.82) is 0 Å². The Labute approximate surface area is 240 Å². The van der Waals surface area contributed by atoms with Crippen molar-refractivity contribution in [3.05, 3.63) is 66.1 Å². The van der Waals surface area contributed by atoms with Crippen molar-refractivity contribution in [2.24, 2.45) is 0 Å². The van der Waals surface area contributed by atoms with Gasteiger partial charge in [-0.2, -0.15) is 8.78 Å². The molecule has 0 aliphatic carbocycles. The van der Waals surface area contributed by atoms with Crippen molar-refractivity contribution < 1.29 is 31.5 Å². The Hall–Kier alpha value is -3.97. The summed E-state index contributed by atoms with van der Waals surface area (Å²) in [6, 6.07) is 12.6. The number of nitrogens with zero attached hydrogens (tertiary/aromatic N) is 3. The van der Waals surface area contributed by atoms with Gasteiger partial charge in [-0.1, -0.05) is 17.7 Å². The third-order valence-electron chi connectivity index (χ3n) is 6.19. The van der Waals surface area contributed by atoms with Gasteiger partial charge in [0.1, 0.15) is 33.8 Å². The maximum absolute atomic E-state index is 13.2. The number of alkyl halides is 2. The van der Waals surface area contributed by atoms with Gasteiger partial charge in [-0.15, -0.1) is 0 Å². The Morgan fingerprint density at radius 1 is 1.07 bits per heavy atom. The van der Waals surface area contributed by atoms with Gasteiger partial charge in [-0.25, -0.2) is 18.4 Å². The number of sulfone groups is 1. The second-order valence-corrected chi connectivity index (χ2v) is 12.7. The lowest BCUT2D eigenvalue weighted by Gasteiger charge is -2.21. The summed E-state index contributed by atoms with van der Waals surface area (Å²) in [5.74, 6) is 0.376. The summed E-state index contributed by atoms with van der Waals surface area (Å²) in [6.07, 6.45) is 0.878. The molecule has 0 atom stereocenters. The summed E-state index contributed by atoms with van der Waals surface area (Å²) in [5, 5.41) is 6.12. The van der Waals surface area contributed by atoms with Gasteiger partial charge in [0, 0.05) is 44.2 Å². The smallest absolute Gasteiger partial charge is 0.394 e. The molecule has 2 aromatic heterocycles. The van der Waals surface area contributed by atoms with Crippen molar-refractivity contribution in [2.45, 2.75) is 38.2 Å². The number of aromatic nitrogens is 3. The standard InChI is InChI=1S/C27H28ClF2N5O5S/c1-26(2,41(4,37)38)25(36)31-11-13-35-12-10-21-23(35)24(33-16-32-21)34-17-8-9-22(20(28)14-17)39-18-6-5-7-19(15-18)40-27(3,29)30/h5-10,12,14-16H,11,13H2,1-4H3,(H,31,36)(H,32,33,34). The fraction of sp³-hybridized carbons (Fsp3) is 0.296. The molecule has 0 aliphatic heterocycles. The van der Waals surface area contributed by atoms with Gasteiger partial charge >= 0.3 is 6.11 Å². The highest BCUT2D eigenvalue weighted by molar-refractivity contribution is 7.92. The molecule has 4 rings (SSSR count). The minimum atomic E-state index is -3.60. The zero-order chi connectivity index (χ0) is 30.0. The second kappa shape index (κ2) is 11.5. The highest BCUT2D eigenvalue weighted by Gasteiger charge is 2.38. The lowest BCUT2D eigenvalue weighted by molar-refractivity contribution is -0.159. The van der Waals surface area contributed by atoms with Gasteiger partial charge in [0.25, 0.3) is 0 Å². The van der Waals surface area contributed by atoms with Crippen molar-refractivity contribution >= 4 is 49.9 Å². The first-order valence-corrected chi connectivity index (χ1v) is 14.6. The van der Waals surface area contributed by atoms with E-state index < -0.39 is 26.6 Å². The van der Waals surface area contributed by atoms with Crippen LogP contribution in [0.3, 0.4) is 0 Å². The molecule has 0 aliphatic rings. The molecule has 14 heteroatoms. The summed E-state index contributed by atoms with van der Waals surface area (Å²) in [7, 11) is -3.60. The lowest BCUT2D eigenvalue weighted by Crippen LogP contribution is -2.48. The number of carbonyl (C=O) groups is 1. The molecule has 10 nitrogen and oxygen atoms in total. The van der Waals surface area contributed by atoms with E-state index in [-0.39, 0.29) is 23.1 Å². The van der Waals surface area contributed by atoms with Gasteiger partial charge in [-0.3, -0.25) is 4.79 Å². The molecule has 0 saturated heterocycles. The fourth-order valence-electron chi connectivity index (χ4n) is 3.71. The van der Waals surface area contributed by atoms with E-state index in [2.05, 4.69) is 25.3 Å². The van der Waals surface area contributed by atoms with Gasteiger partial charge in [0.05, 0.1) is 10.5 Å². The lowest BCUT2D eigenvalue weighted by atomic mass is 10.2. The van der Waals surface area contributed by atoms with Crippen LogP contribution in [0.25, 0.3) is 11.0 Å². The molecule has 0 radical (unpaired) electrons. The third-order valence-corrected chi connectivity index (χ3v) is 8.52. The molecular formula is C27H28ClF2N5O5S. The highest BCUT2D eigenvalue weighted by atomic mass is 35.5. The second-order valence-electron chi connectivity index (χ2n) is 9.76. The van der Waals surface area contributed by atoms with E-state index >= 15 is 0 Å². The van der Waals surface area contributed by atoms with Crippen LogP contribution in [-0.2, 0) is 21.2 Å². The molecule has 0 unspecified atom stereocenters. The van der Waals surface area contributed by atoms with Crippen LogP contribution in [-0.4, -0.2) is 52.5 Å². The minimum Gasteiger partial charge on any atom is -0.456 e.